The van der Waals surface area contributed by atoms with Crippen molar-refractivity contribution in [2.75, 3.05) is 0 Å². The van der Waals surface area contributed by atoms with E-state index in [0.717, 1.165) is 16.7 Å². The molecule has 0 aliphatic heterocycles. The van der Waals surface area contributed by atoms with E-state index < -0.39 is 0 Å². The fourth-order valence-electron chi connectivity index (χ4n) is 0.666. The summed E-state index contributed by atoms with van der Waals surface area (Å²) < 4.78 is 5.34. The Kier molecular flexibility index (Phi) is 4.53. The van der Waals surface area contributed by atoms with Gasteiger partial charge in [-0.15, -0.1) is 0 Å². The predicted molar refractivity (Wildman–Crippen MR) is 54.4 cm³/mol. The fraction of sp³-hybridized carbons (Fsp3) is 0.889. The summed E-state index contributed by atoms with van der Waals surface area (Å²) in [6.07, 6.45) is 1.40. The summed E-state index contributed by atoms with van der Waals surface area (Å²) in [5.41, 5.74) is 0.233. The maximum Gasteiger partial charge on any atom is 0.306 e. The number of hydrogen-bond acceptors (Lipinski definition) is 2. The second-order valence-electron chi connectivity index (χ2n) is 3.98. The van der Waals surface area contributed by atoms with Gasteiger partial charge in [-0.1, -0.05) is 13.8 Å². The van der Waals surface area contributed by atoms with Gasteiger partial charge in [0, 0.05) is 16.7 Å². The first-order valence-corrected chi connectivity index (χ1v) is 5.77. The number of carbonyl (C=O) groups is 1. The monoisotopic (exact) mass is 188 g/mol. The van der Waals surface area contributed by atoms with Gasteiger partial charge in [0.15, 0.2) is 0 Å². The molecule has 0 spiro atoms. The Morgan fingerprint density at radius 3 is 2.42 bits per heavy atom. The molecule has 0 heterocycles. The summed E-state index contributed by atoms with van der Waals surface area (Å²) in [6.45, 7) is 8.07. The van der Waals surface area contributed by atoms with Gasteiger partial charge in [0.1, 0.15) is 5.60 Å². The molecular formula is C9H20O2Si. The normalized spacial score (nSPS) is 14.3. The topological polar surface area (TPSA) is 26.3 Å². The molecule has 0 aromatic heterocycles. The third-order valence-electron chi connectivity index (χ3n) is 2.22. The SMILES string of the molecule is CCCC(=O)OC(C)(C)C(C)[SiH3]. The Labute approximate surface area is 78.1 Å². The highest BCUT2D eigenvalue weighted by Crippen LogP contribution is 2.23. The molecule has 0 aliphatic carbocycles. The van der Waals surface area contributed by atoms with E-state index in [4.69, 9.17) is 4.74 Å². The summed E-state index contributed by atoms with van der Waals surface area (Å²) in [7, 11) is 1.06. The van der Waals surface area contributed by atoms with Crippen LogP contribution in [0.2, 0.25) is 5.54 Å². The van der Waals surface area contributed by atoms with Crippen LogP contribution in [0.5, 0.6) is 0 Å². The van der Waals surface area contributed by atoms with Gasteiger partial charge in [-0.05, 0) is 25.8 Å². The molecule has 0 aromatic carbocycles. The summed E-state index contributed by atoms with van der Waals surface area (Å²) in [4.78, 5) is 11.2. The van der Waals surface area contributed by atoms with E-state index in [1.807, 2.05) is 20.8 Å². The van der Waals surface area contributed by atoms with Gasteiger partial charge < -0.3 is 4.74 Å². The number of rotatable bonds is 4. The van der Waals surface area contributed by atoms with Crippen LogP contribution in [0, 0.1) is 0 Å². The van der Waals surface area contributed by atoms with Gasteiger partial charge in [-0.2, -0.15) is 0 Å². The van der Waals surface area contributed by atoms with Crippen LogP contribution in [0.4, 0.5) is 0 Å². The fourth-order valence-corrected chi connectivity index (χ4v) is 0.784. The summed E-state index contributed by atoms with van der Waals surface area (Å²) in [6, 6.07) is 0. The van der Waals surface area contributed by atoms with Gasteiger partial charge in [0.25, 0.3) is 0 Å². The zero-order valence-corrected chi connectivity index (χ0v) is 10.8. The lowest BCUT2D eigenvalue weighted by Gasteiger charge is -2.29. The largest absolute Gasteiger partial charge is 0.460 e. The third kappa shape index (κ3) is 3.90. The van der Waals surface area contributed by atoms with Crippen molar-refractivity contribution >= 4 is 16.2 Å². The van der Waals surface area contributed by atoms with Crippen molar-refractivity contribution in [3.63, 3.8) is 0 Å². The smallest absolute Gasteiger partial charge is 0.306 e. The second-order valence-corrected chi connectivity index (χ2v) is 5.71. The van der Waals surface area contributed by atoms with Crippen molar-refractivity contribution in [3.05, 3.63) is 0 Å². The summed E-state index contributed by atoms with van der Waals surface area (Å²) >= 11 is 0. The van der Waals surface area contributed by atoms with Gasteiger partial charge in [0.05, 0.1) is 0 Å². The molecule has 0 bridgehead atoms. The van der Waals surface area contributed by atoms with E-state index >= 15 is 0 Å². The molecule has 2 nitrogen and oxygen atoms in total. The molecule has 1 unspecified atom stereocenters. The summed E-state index contributed by atoms with van der Waals surface area (Å²) in [5.74, 6) is -0.0646. The van der Waals surface area contributed by atoms with Gasteiger partial charge in [0.2, 0.25) is 0 Å². The lowest BCUT2D eigenvalue weighted by Crippen LogP contribution is -2.31. The number of esters is 1. The second kappa shape index (κ2) is 4.65. The first kappa shape index (κ1) is 11.7. The van der Waals surface area contributed by atoms with Crippen LogP contribution in [0.15, 0.2) is 0 Å². The standard InChI is InChI=1S/C9H20O2Si/c1-5-6-8(10)11-9(3,4)7(2)12/h7H,5-6H2,1-4,12H3. The van der Waals surface area contributed by atoms with Crippen molar-refractivity contribution in [1.29, 1.82) is 0 Å². The van der Waals surface area contributed by atoms with Crippen molar-refractivity contribution in [3.8, 4) is 0 Å². The van der Waals surface area contributed by atoms with Crippen LogP contribution in [-0.4, -0.2) is 21.8 Å². The van der Waals surface area contributed by atoms with E-state index in [1.54, 1.807) is 0 Å². The average molecular weight is 188 g/mol. The Balaban J connectivity index is 3.97. The minimum atomic E-state index is -0.265. The van der Waals surface area contributed by atoms with Gasteiger partial charge >= 0.3 is 5.97 Å². The molecule has 0 aromatic rings. The van der Waals surface area contributed by atoms with Crippen LogP contribution < -0.4 is 0 Å². The quantitative estimate of drug-likeness (QED) is 0.491. The maximum absolute atomic E-state index is 11.2. The Morgan fingerprint density at radius 2 is 2.08 bits per heavy atom. The first-order valence-electron chi connectivity index (χ1n) is 4.62. The van der Waals surface area contributed by atoms with Gasteiger partial charge in [-0.3, -0.25) is 4.79 Å². The number of hydrogen-bond donors (Lipinski definition) is 0. The Hall–Kier alpha value is -0.313. The van der Waals surface area contributed by atoms with Crippen molar-refractivity contribution in [1.82, 2.24) is 0 Å². The minimum Gasteiger partial charge on any atom is -0.460 e. The van der Waals surface area contributed by atoms with Crippen molar-refractivity contribution < 1.29 is 9.53 Å². The molecular weight excluding hydrogens is 168 g/mol. The highest BCUT2D eigenvalue weighted by Gasteiger charge is 2.26. The Bertz CT molecular complexity index is 153. The van der Waals surface area contributed by atoms with Gasteiger partial charge in [-0.25, -0.2) is 0 Å². The number of ether oxygens (including phenoxy) is 1. The molecule has 72 valence electrons. The molecule has 12 heavy (non-hydrogen) atoms. The maximum atomic E-state index is 11.2. The summed E-state index contributed by atoms with van der Waals surface area (Å²) in [5, 5.41) is 0. The van der Waals surface area contributed by atoms with Crippen molar-refractivity contribution in [2.24, 2.45) is 0 Å². The molecule has 0 rings (SSSR count). The van der Waals surface area contributed by atoms with Crippen molar-refractivity contribution in [2.45, 2.75) is 51.7 Å². The van der Waals surface area contributed by atoms with E-state index in [-0.39, 0.29) is 11.6 Å². The highest BCUT2D eigenvalue weighted by atomic mass is 28.1. The highest BCUT2D eigenvalue weighted by molar-refractivity contribution is 6.12. The Morgan fingerprint density at radius 1 is 1.58 bits per heavy atom. The molecule has 1 atom stereocenters. The predicted octanol–water partition coefficient (Wildman–Crippen LogP) is 1.28. The molecule has 0 aliphatic rings. The molecule has 0 fully saturated rings. The third-order valence-corrected chi connectivity index (χ3v) is 3.61. The van der Waals surface area contributed by atoms with Crippen LogP contribution in [0.3, 0.4) is 0 Å². The first-order chi connectivity index (χ1) is 5.40. The average Bonchev–Trinajstić information content (AvgIpc) is 1.85. The van der Waals surface area contributed by atoms with E-state index in [9.17, 15) is 4.79 Å². The van der Waals surface area contributed by atoms with Crippen LogP contribution in [0.1, 0.15) is 40.5 Å². The molecule has 3 heteroatoms. The molecule has 0 saturated heterocycles. The zero-order valence-electron chi connectivity index (χ0n) is 8.81. The lowest BCUT2D eigenvalue weighted by molar-refractivity contribution is -0.156. The van der Waals surface area contributed by atoms with Crippen LogP contribution >= 0.6 is 0 Å². The van der Waals surface area contributed by atoms with Crippen LogP contribution in [0.25, 0.3) is 0 Å². The zero-order chi connectivity index (χ0) is 9.78. The molecule has 0 radical (unpaired) electrons. The minimum absolute atomic E-state index is 0.0646. The molecule has 0 N–H and O–H groups in total. The molecule has 0 saturated carbocycles. The van der Waals surface area contributed by atoms with E-state index in [0.29, 0.717) is 12.0 Å². The lowest BCUT2D eigenvalue weighted by atomic mass is 10.1. The van der Waals surface area contributed by atoms with E-state index in [1.165, 1.54) is 0 Å². The van der Waals surface area contributed by atoms with E-state index in [2.05, 4.69) is 6.92 Å². The van der Waals surface area contributed by atoms with Crippen LogP contribution in [-0.2, 0) is 9.53 Å². The molecule has 0 amide bonds. The number of carbonyl (C=O) groups excluding carboxylic acids is 1.